The van der Waals surface area contributed by atoms with Crippen LogP contribution in [0.25, 0.3) is 0 Å². The van der Waals surface area contributed by atoms with Gasteiger partial charge >= 0.3 is 0 Å². The Kier molecular flexibility index (Phi) is 6.57. The molecule has 0 aromatic carbocycles. The normalized spacial score (nSPS) is 27.8. The highest BCUT2D eigenvalue weighted by Gasteiger charge is 2.29. The van der Waals surface area contributed by atoms with Gasteiger partial charge in [-0.1, -0.05) is 13.3 Å². The van der Waals surface area contributed by atoms with Gasteiger partial charge in [-0.3, -0.25) is 9.80 Å². The van der Waals surface area contributed by atoms with Gasteiger partial charge in [-0.15, -0.1) is 0 Å². The molecule has 4 heteroatoms. The highest BCUT2D eigenvalue weighted by Crippen LogP contribution is 2.20. The summed E-state index contributed by atoms with van der Waals surface area (Å²) in [5.74, 6) is 0. The lowest BCUT2D eigenvalue weighted by molar-refractivity contribution is 0.113. The highest BCUT2D eigenvalue weighted by atomic mass is 16.3. The van der Waals surface area contributed by atoms with E-state index in [-0.39, 0.29) is 6.10 Å². The highest BCUT2D eigenvalue weighted by molar-refractivity contribution is 4.85. The number of likely N-dealkylation sites (tertiary alicyclic amines) is 2. The van der Waals surface area contributed by atoms with Crippen molar-refractivity contribution in [2.45, 2.75) is 51.2 Å². The number of rotatable bonds is 7. The maximum absolute atomic E-state index is 10.0. The molecular weight excluding hydrogens is 238 g/mol. The summed E-state index contributed by atoms with van der Waals surface area (Å²) in [6.45, 7) is 9.63. The molecule has 2 fully saturated rings. The number of hydrogen-bond acceptors (Lipinski definition) is 4. The lowest BCUT2D eigenvalue weighted by Crippen LogP contribution is -2.42. The fourth-order valence-electron chi connectivity index (χ4n) is 3.37. The van der Waals surface area contributed by atoms with E-state index < -0.39 is 0 Å². The van der Waals surface area contributed by atoms with Crippen molar-refractivity contribution in [3.63, 3.8) is 0 Å². The van der Waals surface area contributed by atoms with E-state index in [0.29, 0.717) is 0 Å². The molecule has 4 nitrogen and oxygen atoms in total. The van der Waals surface area contributed by atoms with E-state index in [2.05, 4.69) is 22.0 Å². The average Bonchev–Trinajstić information content (AvgIpc) is 2.88. The molecule has 0 aromatic heterocycles. The number of nitrogens with one attached hydrogen (secondary N) is 1. The van der Waals surface area contributed by atoms with Crippen LogP contribution in [-0.4, -0.2) is 72.9 Å². The van der Waals surface area contributed by atoms with Gasteiger partial charge in [0.2, 0.25) is 0 Å². The Morgan fingerprint density at radius 3 is 2.74 bits per heavy atom. The van der Waals surface area contributed by atoms with Crippen LogP contribution in [0.2, 0.25) is 0 Å². The summed E-state index contributed by atoms with van der Waals surface area (Å²) in [5, 5.41) is 13.3. The van der Waals surface area contributed by atoms with Crippen molar-refractivity contribution in [2.24, 2.45) is 0 Å². The molecule has 2 atom stereocenters. The van der Waals surface area contributed by atoms with E-state index in [4.69, 9.17) is 0 Å². The summed E-state index contributed by atoms with van der Waals surface area (Å²) in [6, 6.07) is 0.746. The Bertz CT molecular complexity index is 244. The lowest BCUT2D eigenvalue weighted by atomic mass is 10.1. The summed E-state index contributed by atoms with van der Waals surface area (Å²) in [4.78, 5) is 5.11. The first kappa shape index (κ1) is 15.2. The van der Waals surface area contributed by atoms with Crippen LogP contribution in [0.4, 0.5) is 0 Å². The minimum Gasteiger partial charge on any atom is -0.390 e. The second kappa shape index (κ2) is 8.20. The van der Waals surface area contributed by atoms with E-state index in [1.165, 1.54) is 38.8 Å². The Balaban J connectivity index is 1.63. The van der Waals surface area contributed by atoms with Crippen molar-refractivity contribution in [3.8, 4) is 0 Å². The van der Waals surface area contributed by atoms with Gasteiger partial charge in [0.1, 0.15) is 0 Å². The maximum Gasteiger partial charge on any atom is 0.0791 e. The maximum atomic E-state index is 10.0. The number of nitrogens with zero attached hydrogens (tertiary/aromatic N) is 2. The zero-order valence-electron chi connectivity index (χ0n) is 12.5. The zero-order chi connectivity index (χ0) is 13.5. The molecular formula is C15H31N3O. The van der Waals surface area contributed by atoms with Crippen LogP contribution in [0, 0.1) is 0 Å². The van der Waals surface area contributed by atoms with Crippen molar-refractivity contribution >= 4 is 0 Å². The first-order valence-electron chi connectivity index (χ1n) is 8.14. The van der Waals surface area contributed by atoms with Gasteiger partial charge in [0.15, 0.2) is 0 Å². The minimum atomic E-state index is -0.216. The summed E-state index contributed by atoms with van der Waals surface area (Å²) in [7, 11) is 0. The molecule has 2 aliphatic rings. The van der Waals surface area contributed by atoms with Crippen LogP contribution in [0.5, 0.6) is 0 Å². The number of piperidine rings is 1. The van der Waals surface area contributed by atoms with Gasteiger partial charge in [0.05, 0.1) is 6.10 Å². The molecule has 0 saturated carbocycles. The Labute approximate surface area is 118 Å². The third-order valence-corrected chi connectivity index (χ3v) is 4.43. The molecule has 0 aliphatic carbocycles. The van der Waals surface area contributed by atoms with E-state index in [9.17, 15) is 5.11 Å². The fraction of sp³-hybridized carbons (Fsp3) is 1.00. The number of β-amino-alcohol motifs (C(OH)–C–C–N with tert-alkyl or cyclic N) is 1. The number of aliphatic hydroxyl groups is 1. The smallest absolute Gasteiger partial charge is 0.0791 e. The SMILES string of the molecule is CCCNCC(O)CN1CCC(N2CCCCC2)C1. The van der Waals surface area contributed by atoms with Crippen LogP contribution in [0.3, 0.4) is 0 Å². The van der Waals surface area contributed by atoms with Crippen LogP contribution in [0.1, 0.15) is 39.0 Å². The van der Waals surface area contributed by atoms with E-state index in [0.717, 1.165) is 45.2 Å². The molecule has 0 radical (unpaired) electrons. The van der Waals surface area contributed by atoms with Gasteiger partial charge in [-0.25, -0.2) is 0 Å². The average molecular weight is 269 g/mol. The molecule has 19 heavy (non-hydrogen) atoms. The number of aliphatic hydroxyl groups excluding tert-OH is 1. The van der Waals surface area contributed by atoms with Crippen molar-refractivity contribution in [3.05, 3.63) is 0 Å². The quantitative estimate of drug-likeness (QED) is 0.674. The molecule has 0 amide bonds. The summed E-state index contributed by atoms with van der Waals surface area (Å²) in [5.41, 5.74) is 0. The van der Waals surface area contributed by atoms with E-state index in [1.54, 1.807) is 0 Å². The zero-order valence-corrected chi connectivity index (χ0v) is 12.5. The van der Waals surface area contributed by atoms with Crippen molar-refractivity contribution in [1.82, 2.24) is 15.1 Å². The van der Waals surface area contributed by atoms with Gasteiger partial charge in [0, 0.05) is 25.7 Å². The first-order valence-corrected chi connectivity index (χ1v) is 8.14. The molecule has 2 N–H and O–H groups in total. The predicted octanol–water partition coefficient (Wildman–Crippen LogP) is 0.907. The molecule has 2 rings (SSSR count). The molecule has 2 saturated heterocycles. The van der Waals surface area contributed by atoms with E-state index in [1.807, 2.05) is 0 Å². The van der Waals surface area contributed by atoms with Crippen LogP contribution in [0.15, 0.2) is 0 Å². The molecule has 2 heterocycles. The third-order valence-electron chi connectivity index (χ3n) is 4.43. The van der Waals surface area contributed by atoms with Crippen molar-refractivity contribution in [2.75, 3.05) is 45.8 Å². The molecule has 0 spiro atoms. The monoisotopic (exact) mass is 269 g/mol. The van der Waals surface area contributed by atoms with Gasteiger partial charge in [-0.05, 0) is 51.9 Å². The van der Waals surface area contributed by atoms with Gasteiger partial charge < -0.3 is 10.4 Å². The van der Waals surface area contributed by atoms with Crippen LogP contribution >= 0.6 is 0 Å². The first-order chi connectivity index (χ1) is 9.29. The van der Waals surface area contributed by atoms with Crippen LogP contribution in [-0.2, 0) is 0 Å². The standard InChI is InChI=1S/C15H31N3O/c1-2-7-16-11-15(19)13-17-10-6-14(12-17)18-8-4-3-5-9-18/h14-16,19H,2-13H2,1H3. The van der Waals surface area contributed by atoms with Gasteiger partial charge in [0.25, 0.3) is 0 Å². The van der Waals surface area contributed by atoms with Crippen molar-refractivity contribution in [1.29, 1.82) is 0 Å². The Hall–Kier alpha value is -0.160. The van der Waals surface area contributed by atoms with Crippen LogP contribution < -0.4 is 5.32 Å². The Morgan fingerprint density at radius 1 is 1.21 bits per heavy atom. The summed E-state index contributed by atoms with van der Waals surface area (Å²) < 4.78 is 0. The van der Waals surface area contributed by atoms with Gasteiger partial charge in [-0.2, -0.15) is 0 Å². The second-order valence-electron chi connectivity index (χ2n) is 6.16. The second-order valence-corrected chi connectivity index (χ2v) is 6.16. The Morgan fingerprint density at radius 2 is 2.00 bits per heavy atom. The summed E-state index contributed by atoms with van der Waals surface area (Å²) >= 11 is 0. The third kappa shape index (κ3) is 5.03. The predicted molar refractivity (Wildman–Crippen MR) is 79.4 cm³/mol. The minimum absolute atomic E-state index is 0.216. The van der Waals surface area contributed by atoms with E-state index >= 15 is 0 Å². The molecule has 2 unspecified atom stereocenters. The molecule has 0 aromatic rings. The lowest BCUT2D eigenvalue weighted by Gasteiger charge is -2.32. The number of hydrogen-bond donors (Lipinski definition) is 2. The largest absolute Gasteiger partial charge is 0.390 e. The molecule has 0 bridgehead atoms. The molecule has 112 valence electrons. The summed E-state index contributed by atoms with van der Waals surface area (Å²) in [6.07, 6.45) is 6.36. The topological polar surface area (TPSA) is 38.7 Å². The fourth-order valence-corrected chi connectivity index (χ4v) is 3.37. The molecule has 2 aliphatic heterocycles. The van der Waals surface area contributed by atoms with Crippen molar-refractivity contribution < 1.29 is 5.11 Å².